The molecule has 0 saturated carbocycles. The molecule has 1 amide bonds. The third-order valence-corrected chi connectivity index (χ3v) is 4.20. The number of nitrogens with one attached hydrogen (secondary N) is 2. The fourth-order valence-corrected chi connectivity index (χ4v) is 2.79. The molecular weight excluding hydrogens is 325 g/mol. The topological polar surface area (TPSA) is 80.3 Å². The maximum atomic E-state index is 13.6. The van der Waals surface area contributed by atoms with Gasteiger partial charge in [-0.15, -0.1) is 0 Å². The number of halogens is 1. The van der Waals surface area contributed by atoms with Crippen LogP contribution in [0.1, 0.15) is 27.9 Å². The zero-order valence-electron chi connectivity index (χ0n) is 13.7. The standard InChI is InChI=1S/C18H18FN3O3/c1-25-18(24)12-3-4-15-11(8-12)2-5-16(17(23)22-15)21-9-13-6-7-20-10-14(13)19/h3-4,6-8,10,16,21H,2,5,9H2,1H3,(H,22,23)/t16-/m0/s1. The molecule has 3 rings (SSSR count). The Morgan fingerprint density at radius 3 is 3.04 bits per heavy atom. The summed E-state index contributed by atoms with van der Waals surface area (Å²) in [7, 11) is 1.33. The molecule has 0 saturated heterocycles. The number of rotatable bonds is 4. The summed E-state index contributed by atoms with van der Waals surface area (Å²) in [6, 6.07) is 6.16. The Balaban J connectivity index is 1.71. The monoisotopic (exact) mass is 343 g/mol. The van der Waals surface area contributed by atoms with Crippen molar-refractivity contribution in [2.45, 2.75) is 25.4 Å². The Labute approximate surface area is 144 Å². The van der Waals surface area contributed by atoms with Crippen molar-refractivity contribution < 1.29 is 18.7 Å². The second kappa shape index (κ2) is 7.40. The lowest BCUT2D eigenvalue weighted by atomic mass is 10.0. The lowest BCUT2D eigenvalue weighted by Crippen LogP contribution is -2.39. The van der Waals surface area contributed by atoms with Gasteiger partial charge in [0.05, 0.1) is 24.9 Å². The van der Waals surface area contributed by atoms with E-state index in [-0.39, 0.29) is 12.5 Å². The summed E-state index contributed by atoms with van der Waals surface area (Å²) in [5, 5.41) is 5.93. The van der Waals surface area contributed by atoms with Gasteiger partial charge in [0.25, 0.3) is 0 Å². The van der Waals surface area contributed by atoms with Gasteiger partial charge < -0.3 is 15.4 Å². The number of anilines is 1. The Morgan fingerprint density at radius 2 is 2.28 bits per heavy atom. The minimum Gasteiger partial charge on any atom is -0.465 e. The van der Waals surface area contributed by atoms with Crippen molar-refractivity contribution in [2.75, 3.05) is 12.4 Å². The maximum Gasteiger partial charge on any atom is 0.337 e. The summed E-state index contributed by atoms with van der Waals surface area (Å²) < 4.78 is 18.4. The molecule has 130 valence electrons. The molecule has 1 aromatic heterocycles. The minimum atomic E-state index is -0.457. The highest BCUT2D eigenvalue weighted by Crippen LogP contribution is 2.24. The molecule has 2 N–H and O–H groups in total. The lowest BCUT2D eigenvalue weighted by molar-refractivity contribution is -0.118. The number of hydrogen-bond acceptors (Lipinski definition) is 5. The first kappa shape index (κ1) is 17.0. The largest absolute Gasteiger partial charge is 0.465 e. The molecule has 1 aliphatic heterocycles. The zero-order valence-corrected chi connectivity index (χ0v) is 13.7. The first-order valence-electron chi connectivity index (χ1n) is 7.92. The summed E-state index contributed by atoms with van der Waals surface area (Å²) in [5.41, 5.74) is 2.45. The van der Waals surface area contributed by atoms with Crippen molar-refractivity contribution in [3.63, 3.8) is 0 Å². The molecule has 1 aliphatic rings. The second-order valence-corrected chi connectivity index (χ2v) is 5.79. The average molecular weight is 343 g/mol. The average Bonchev–Trinajstić information content (AvgIpc) is 2.78. The molecule has 0 spiro atoms. The molecule has 0 aliphatic carbocycles. The normalized spacial score (nSPS) is 16.6. The van der Waals surface area contributed by atoms with Gasteiger partial charge in [0, 0.05) is 24.0 Å². The smallest absolute Gasteiger partial charge is 0.337 e. The summed E-state index contributed by atoms with van der Waals surface area (Å²) in [4.78, 5) is 27.7. The summed E-state index contributed by atoms with van der Waals surface area (Å²) >= 11 is 0. The first-order valence-corrected chi connectivity index (χ1v) is 7.92. The molecule has 2 aromatic rings. The van der Waals surface area contributed by atoms with E-state index in [2.05, 4.69) is 15.6 Å². The third kappa shape index (κ3) is 3.83. The van der Waals surface area contributed by atoms with Crippen molar-refractivity contribution >= 4 is 17.6 Å². The van der Waals surface area contributed by atoms with Gasteiger partial charge in [-0.3, -0.25) is 9.78 Å². The van der Waals surface area contributed by atoms with Gasteiger partial charge in [0.1, 0.15) is 5.82 Å². The van der Waals surface area contributed by atoms with Crippen molar-refractivity contribution in [3.05, 3.63) is 59.2 Å². The van der Waals surface area contributed by atoms with Gasteiger partial charge in [-0.25, -0.2) is 9.18 Å². The van der Waals surface area contributed by atoms with Crippen LogP contribution in [-0.4, -0.2) is 30.0 Å². The molecule has 0 bridgehead atoms. The van der Waals surface area contributed by atoms with E-state index < -0.39 is 17.8 Å². The van der Waals surface area contributed by atoms with Gasteiger partial charge in [-0.2, -0.15) is 0 Å². The second-order valence-electron chi connectivity index (χ2n) is 5.79. The molecule has 6 nitrogen and oxygen atoms in total. The van der Waals surface area contributed by atoms with Gasteiger partial charge in [-0.1, -0.05) is 0 Å². The van der Waals surface area contributed by atoms with Crippen molar-refractivity contribution in [3.8, 4) is 0 Å². The fraction of sp³-hybridized carbons (Fsp3) is 0.278. The van der Waals surface area contributed by atoms with Gasteiger partial charge in [0.2, 0.25) is 5.91 Å². The van der Waals surface area contributed by atoms with Crippen LogP contribution in [0.3, 0.4) is 0 Å². The SMILES string of the molecule is COC(=O)c1ccc2c(c1)CC[C@H](NCc1ccncc1F)C(=O)N2. The quantitative estimate of drug-likeness (QED) is 0.831. The lowest BCUT2D eigenvalue weighted by Gasteiger charge is -2.15. The Bertz CT molecular complexity index is 810. The van der Waals surface area contributed by atoms with Crippen LogP contribution in [0.2, 0.25) is 0 Å². The molecule has 1 aromatic carbocycles. The number of nitrogens with zero attached hydrogens (tertiary/aromatic N) is 1. The number of carbonyl (C=O) groups is 2. The zero-order chi connectivity index (χ0) is 17.8. The van der Waals surface area contributed by atoms with E-state index in [1.54, 1.807) is 24.3 Å². The van der Waals surface area contributed by atoms with Crippen LogP contribution >= 0.6 is 0 Å². The van der Waals surface area contributed by atoms with E-state index in [9.17, 15) is 14.0 Å². The van der Waals surface area contributed by atoms with E-state index in [4.69, 9.17) is 4.74 Å². The van der Waals surface area contributed by atoms with Crippen molar-refractivity contribution in [2.24, 2.45) is 0 Å². The van der Waals surface area contributed by atoms with Gasteiger partial charge >= 0.3 is 5.97 Å². The Morgan fingerprint density at radius 1 is 1.44 bits per heavy atom. The number of benzene rings is 1. The fourth-order valence-electron chi connectivity index (χ4n) is 2.79. The van der Waals surface area contributed by atoms with E-state index in [0.717, 1.165) is 11.8 Å². The highest BCUT2D eigenvalue weighted by atomic mass is 19.1. The number of ether oxygens (including phenoxy) is 1. The number of amides is 1. The number of fused-ring (bicyclic) bond motifs is 1. The van der Waals surface area contributed by atoms with Crippen LogP contribution in [-0.2, 0) is 22.5 Å². The van der Waals surface area contributed by atoms with E-state index in [1.165, 1.54) is 13.3 Å². The highest BCUT2D eigenvalue weighted by Gasteiger charge is 2.24. The predicted molar refractivity (Wildman–Crippen MR) is 89.6 cm³/mol. The van der Waals surface area contributed by atoms with Gasteiger partial charge in [0.15, 0.2) is 0 Å². The molecule has 0 fully saturated rings. The van der Waals surface area contributed by atoms with Crippen LogP contribution in [0.15, 0.2) is 36.7 Å². The molecule has 7 heteroatoms. The molecular formula is C18H18FN3O3. The first-order chi connectivity index (χ1) is 12.1. The van der Waals surface area contributed by atoms with E-state index >= 15 is 0 Å². The van der Waals surface area contributed by atoms with Crippen LogP contribution in [0, 0.1) is 5.82 Å². The number of hydrogen-bond donors (Lipinski definition) is 2. The molecule has 25 heavy (non-hydrogen) atoms. The van der Waals surface area contributed by atoms with Crippen molar-refractivity contribution in [1.82, 2.24) is 10.3 Å². The van der Waals surface area contributed by atoms with Crippen molar-refractivity contribution in [1.29, 1.82) is 0 Å². The third-order valence-electron chi connectivity index (χ3n) is 4.20. The van der Waals surface area contributed by atoms with Crippen LogP contribution < -0.4 is 10.6 Å². The molecule has 2 heterocycles. The van der Waals surface area contributed by atoms with Crippen LogP contribution in [0.4, 0.5) is 10.1 Å². The molecule has 1 atom stereocenters. The summed E-state index contributed by atoms with van der Waals surface area (Å²) in [6.45, 7) is 0.232. The number of pyridine rings is 1. The summed E-state index contributed by atoms with van der Waals surface area (Å²) in [6.07, 6.45) is 3.80. The highest BCUT2D eigenvalue weighted by molar-refractivity contribution is 5.97. The number of esters is 1. The minimum absolute atomic E-state index is 0.181. The number of carbonyl (C=O) groups excluding carboxylic acids is 2. The Hall–Kier alpha value is -2.80. The molecule has 0 radical (unpaired) electrons. The van der Waals surface area contributed by atoms with Crippen LogP contribution in [0.25, 0.3) is 0 Å². The summed E-state index contributed by atoms with van der Waals surface area (Å²) in [5.74, 6) is -1.00. The van der Waals surface area contributed by atoms with Gasteiger partial charge in [-0.05, 0) is 42.7 Å². The Kier molecular flexibility index (Phi) is 5.04. The number of aryl methyl sites for hydroxylation is 1. The number of aromatic nitrogens is 1. The predicted octanol–water partition coefficient (Wildman–Crippen LogP) is 2.05. The maximum absolute atomic E-state index is 13.6. The van der Waals surface area contributed by atoms with E-state index in [1.807, 2.05) is 0 Å². The van der Waals surface area contributed by atoms with E-state index in [0.29, 0.717) is 29.7 Å². The molecule has 0 unspecified atom stereocenters. The van der Waals surface area contributed by atoms with Crippen LogP contribution in [0.5, 0.6) is 0 Å². The number of methoxy groups -OCH3 is 1.